The SMILES string of the molecule is Cc1c2c(c(CC(C)C)c3ccccc13)Oc1cc3cc(C(C)C)ccc3c3cc[n+](C)c-2c13. The van der Waals surface area contributed by atoms with Crippen molar-refractivity contribution >= 4 is 32.3 Å². The van der Waals surface area contributed by atoms with Crippen LogP contribution in [0.3, 0.4) is 0 Å². The van der Waals surface area contributed by atoms with E-state index in [1.54, 1.807) is 0 Å². The molecule has 2 heteroatoms. The number of benzene rings is 4. The van der Waals surface area contributed by atoms with Gasteiger partial charge in [-0.15, -0.1) is 0 Å². The highest BCUT2D eigenvalue weighted by Crippen LogP contribution is 2.52. The molecule has 0 N–H and O–H groups in total. The summed E-state index contributed by atoms with van der Waals surface area (Å²) in [6.07, 6.45) is 3.20. The summed E-state index contributed by atoms with van der Waals surface area (Å²) in [5.41, 5.74) is 6.48. The van der Waals surface area contributed by atoms with Crippen LogP contribution in [-0.4, -0.2) is 0 Å². The molecule has 0 unspecified atom stereocenters. The second-order valence-electron chi connectivity index (χ2n) is 10.6. The number of hydrogen-bond donors (Lipinski definition) is 0. The first-order chi connectivity index (χ1) is 16.3. The maximum Gasteiger partial charge on any atom is 0.228 e. The summed E-state index contributed by atoms with van der Waals surface area (Å²) in [5, 5.41) is 7.66. The minimum Gasteiger partial charge on any atom is -0.455 e. The molecule has 0 bridgehead atoms. The van der Waals surface area contributed by atoms with Gasteiger partial charge in [-0.1, -0.05) is 70.2 Å². The average molecular weight is 447 g/mol. The van der Waals surface area contributed by atoms with Crippen LogP contribution < -0.4 is 9.30 Å². The highest BCUT2D eigenvalue weighted by molar-refractivity contribution is 6.16. The molecule has 0 fully saturated rings. The summed E-state index contributed by atoms with van der Waals surface area (Å²) in [6, 6.07) is 20.2. The van der Waals surface area contributed by atoms with Crippen molar-refractivity contribution in [3.05, 3.63) is 77.5 Å². The third-order valence-electron chi connectivity index (χ3n) is 7.48. The zero-order valence-corrected chi connectivity index (χ0v) is 21.0. The lowest BCUT2D eigenvalue weighted by molar-refractivity contribution is -0.659. The van der Waals surface area contributed by atoms with E-state index < -0.39 is 0 Å². The van der Waals surface area contributed by atoms with Crippen LogP contribution in [-0.2, 0) is 13.5 Å². The number of aromatic nitrogens is 1. The molecule has 34 heavy (non-hydrogen) atoms. The van der Waals surface area contributed by atoms with Gasteiger partial charge in [-0.05, 0) is 63.9 Å². The molecule has 0 spiro atoms. The second kappa shape index (κ2) is 7.56. The molecule has 2 nitrogen and oxygen atoms in total. The molecule has 1 aromatic heterocycles. The maximum atomic E-state index is 6.92. The first-order valence-corrected chi connectivity index (χ1v) is 12.5. The van der Waals surface area contributed by atoms with Crippen LogP contribution in [0.15, 0.2) is 60.8 Å². The highest BCUT2D eigenvalue weighted by atomic mass is 16.5. The molecule has 1 aliphatic rings. The first kappa shape index (κ1) is 21.2. The smallest absolute Gasteiger partial charge is 0.228 e. The van der Waals surface area contributed by atoms with Gasteiger partial charge in [-0.3, -0.25) is 0 Å². The van der Waals surface area contributed by atoms with Crippen LogP contribution in [0, 0.1) is 12.8 Å². The molecular formula is C32H32NO+. The van der Waals surface area contributed by atoms with E-state index in [1.807, 2.05) is 0 Å². The van der Waals surface area contributed by atoms with Crippen molar-refractivity contribution < 1.29 is 9.30 Å². The van der Waals surface area contributed by atoms with E-state index in [1.165, 1.54) is 60.3 Å². The molecule has 0 amide bonds. The number of aryl methyl sites for hydroxylation is 2. The Bertz CT molecular complexity index is 1620. The number of rotatable bonds is 3. The van der Waals surface area contributed by atoms with Crippen molar-refractivity contribution in [3.63, 3.8) is 0 Å². The Hall–Kier alpha value is -3.39. The van der Waals surface area contributed by atoms with Gasteiger partial charge < -0.3 is 4.74 Å². The number of fused-ring (bicyclic) bond motifs is 5. The van der Waals surface area contributed by atoms with Gasteiger partial charge in [-0.2, -0.15) is 0 Å². The number of pyridine rings is 1. The van der Waals surface area contributed by atoms with Crippen molar-refractivity contribution in [2.45, 2.75) is 47.0 Å². The van der Waals surface area contributed by atoms with E-state index in [0.717, 1.165) is 17.9 Å². The molecule has 2 heterocycles. The first-order valence-electron chi connectivity index (χ1n) is 12.5. The van der Waals surface area contributed by atoms with Crippen LogP contribution in [0.4, 0.5) is 0 Å². The Morgan fingerprint density at radius 2 is 1.62 bits per heavy atom. The van der Waals surface area contributed by atoms with Gasteiger partial charge in [0.25, 0.3) is 0 Å². The quantitative estimate of drug-likeness (QED) is 0.196. The topological polar surface area (TPSA) is 13.1 Å². The van der Waals surface area contributed by atoms with Crippen molar-refractivity contribution in [1.29, 1.82) is 0 Å². The van der Waals surface area contributed by atoms with Crippen LogP contribution in [0.25, 0.3) is 43.6 Å². The third-order valence-corrected chi connectivity index (χ3v) is 7.48. The molecule has 4 aromatic carbocycles. The van der Waals surface area contributed by atoms with E-state index in [-0.39, 0.29) is 0 Å². The van der Waals surface area contributed by atoms with Gasteiger partial charge in [0, 0.05) is 17.0 Å². The maximum absolute atomic E-state index is 6.92. The molecule has 0 aliphatic carbocycles. The minimum atomic E-state index is 0.494. The van der Waals surface area contributed by atoms with Crippen molar-refractivity contribution in [3.8, 4) is 22.8 Å². The Morgan fingerprint density at radius 3 is 2.35 bits per heavy atom. The molecule has 6 rings (SSSR count). The molecule has 0 radical (unpaired) electrons. The van der Waals surface area contributed by atoms with Crippen LogP contribution in [0.2, 0.25) is 0 Å². The number of hydrogen-bond acceptors (Lipinski definition) is 1. The van der Waals surface area contributed by atoms with Gasteiger partial charge in [-0.25, -0.2) is 4.57 Å². The summed E-state index contributed by atoms with van der Waals surface area (Å²) in [7, 11) is 2.16. The minimum absolute atomic E-state index is 0.494. The molecule has 5 aromatic rings. The number of nitrogens with zero attached hydrogens (tertiary/aromatic N) is 1. The molecule has 1 aliphatic heterocycles. The summed E-state index contributed by atoms with van der Waals surface area (Å²) in [4.78, 5) is 0. The fourth-order valence-electron chi connectivity index (χ4n) is 5.79. The number of ether oxygens (including phenoxy) is 1. The fraction of sp³-hybridized carbons (Fsp3) is 0.281. The van der Waals surface area contributed by atoms with Crippen molar-refractivity contribution in [2.75, 3.05) is 0 Å². The zero-order chi connectivity index (χ0) is 23.7. The lowest BCUT2D eigenvalue weighted by Crippen LogP contribution is -2.32. The summed E-state index contributed by atoms with van der Waals surface area (Å²) < 4.78 is 9.20. The average Bonchev–Trinajstić information content (AvgIpc) is 2.82. The Balaban J connectivity index is 1.78. The summed E-state index contributed by atoms with van der Waals surface area (Å²) in [5.74, 6) is 3.05. The van der Waals surface area contributed by atoms with Gasteiger partial charge >= 0.3 is 0 Å². The Morgan fingerprint density at radius 1 is 0.853 bits per heavy atom. The van der Waals surface area contributed by atoms with E-state index in [9.17, 15) is 0 Å². The van der Waals surface area contributed by atoms with Crippen molar-refractivity contribution in [2.24, 2.45) is 13.0 Å². The highest BCUT2D eigenvalue weighted by Gasteiger charge is 2.33. The van der Waals surface area contributed by atoms with E-state index in [2.05, 4.69) is 107 Å². The fourth-order valence-corrected chi connectivity index (χ4v) is 5.79. The van der Waals surface area contributed by atoms with E-state index in [0.29, 0.717) is 11.8 Å². The summed E-state index contributed by atoms with van der Waals surface area (Å²) in [6.45, 7) is 11.3. The molecule has 170 valence electrons. The lowest BCUT2D eigenvalue weighted by atomic mass is 9.85. The normalized spacial score (nSPS) is 12.7. The second-order valence-corrected chi connectivity index (χ2v) is 10.6. The van der Waals surface area contributed by atoms with Crippen LogP contribution in [0.1, 0.15) is 50.3 Å². The van der Waals surface area contributed by atoms with Gasteiger partial charge in [0.05, 0.1) is 10.9 Å². The van der Waals surface area contributed by atoms with Crippen molar-refractivity contribution in [1.82, 2.24) is 0 Å². The summed E-state index contributed by atoms with van der Waals surface area (Å²) >= 11 is 0. The largest absolute Gasteiger partial charge is 0.455 e. The molecule has 0 saturated carbocycles. The van der Waals surface area contributed by atoms with Gasteiger partial charge in [0.15, 0.2) is 6.20 Å². The standard InChI is InChI=1S/C32H32NO/c1-18(2)15-27-25-10-8-7-9-23(25)20(5)29-31-30-26(13-14-33(31)6)24-12-11-21(19(3)4)16-22(24)17-28(30)34-32(27)29/h7-14,16-19H,15H2,1-6H3/q+1. The van der Waals surface area contributed by atoms with E-state index in [4.69, 9.17) is 4.74 Å². The zero-order valence-electron chi connectivity index (χ0n) is 21.0. The Kier molecular flexibility index (Phi) is 4.71. The molecule has 0 saturated heterocycles. The predicted molar refractivity (Wildman–Crippen MR) is 143 cm³/mol. The van der Waals surface area contributed by atoms with Crippen LogP contribution in [0.5, 0.6) is 11.5 Å². The monoisotopic (exact) mass is 446 g/mol. The van der Waals surface area contributed by atoms with Gasteiger partial charge in [0.1, 0.15) is 18.5 Å². The van der Waals surface area contributed by atoms with Gasteiger partial charge in [0.2, 0.25) is 5.69 Å². The van der Waals surface area contributed by atoms with E-state index >= 15 is 0 Å². The predicted octanol–water partition coefficient (Wildman–Crippen LogP) is 8.37. The molecule has 0 atom stereocenters. The molecular weight excluding hydrogens is 414 g/mol. The Labute approximate surface area is 201 Å². The third kappa shape index (κ3) is 2.98. The lowest BCUT2D eigenvalue weighted by Gasteiger charge is -2.26. The van der Waals surface area contributed by atoms with Crippen LogP contribution >= 0.6 is 0 Å².